The van der Waals surface area contributed by atoms with E-state index in [4.69, 9.17) is 18.9 Å². The van der Waals surface area contributed by atoms with Crippen molar-refractivity contribution in [2.75, 3.05) is 46.4 Å². The minimum absolute atomic E-state index is 0.0221. The lowest BCUT2D eigenvalue weighted by atomic mass is 10.0. The van der Waals surface area contributed by atoms with Gasteiger partial charge in [0, 0.05) is 71.8 Å². The maximum absolute atomic E-state index is 12.9. The Hall–Kier alpha value is -2.44. The summed E-state index contributed by atoms with van der Waals surface area (Å²) in [7, 11) is 1.54. The minimum atomic E-state index is -1.19. The second kappa shape index (κ2) is 20.6. The molecule has 2 fully saturated rings. The lowest BCUT2D eigenvalue weighted by Gasteiger charge is -2.35. The molecule has 2 saturated heterocycles. The van der Waals surface area contributed by atoms with Crippen molar-refractivity contribution in [3.8, 4) is 0 Å². The first-order chi connectivity index (χ1) is 21.4. The second-order valence-corrected chi connectivity index (χ2v) is 11.4. The summed E-state index contributed by atoms with van der Waals surface area (Å²) in [6.07, 6.45) is -4.87. The summed E-state index contributed by atoms with van der Waals surface area (Å²) in [6.45, 7) is 3.97. The molecule has 0 radical (unpaired) electrons. The van der Waals surface area contributed by atoms with Crippen LogP contribution in [0.5, 0.6) is 0 Å². The molecule has 2 aliphatic heterocycles. The third-order valence-corrected chi connectivity index (χ3v) is 7.53. The highest BCUT2D eigenvalue weighted by Crippen LogP contribution is 2.21. The van der Waals surface area contributed by atoms with Crippen molar-refractivity contribution in [1.29, 1.82) is 0 Å². The summed E-state index contributed by atoms with van der Waals surface area (Å²) in [5.41, 5.74) is 0. The van der Waals surface area contributed by atoms with E-state index < -0.39 is 37.0 Å². The van der Waals surface area contributed by atoms with E-state index in [2.05, 4.69) is 16.0 Å². The SMILES string of the molecule is CNC(=O)CCCCC(=O)N(CCC(=O)NCCO[C@@H]1O[C@@H](C)C[C@@H](O)[C@@H]1O)CCC(=O)NCCO[C@@H]1O[C@@H](C)C[C@@H](O)[C@@H]1O. The standard InChI is InChI=1S/C29H52N4O12/c1-18-16-20(34)26(40)28(44-18)42-14-10-31-23(37)8-12-33(25(39)7-5-4-6-22(36)30-3)13-9-24(38)32-11-15-43-29-27(41)21(35)17-19(2)45-29/h18-21,26-29,34-35,40-41H,4-17H2,1-3H3,(H,30,36)(H,31,37)(H,32,38)/t18-,19-,20+,21+,26-,27-,28+,29+/m0/s1. The van der Waals surface area contributed by atoms with Crippen LogP contribution in [0.3, 0.4) is 0 Å². The van der Waals surface area contributed by atoms with Gasteiger partial charge in [-0.15, -0.1) is 0 Å². The van der Waals surface area contributed by atoms with Crippen molar-refractivity contribution in [1.82, 2.24) is 20.9 Å². The van der Waals surface area contributed by atoms with Gasteiger partial charge in [0.15, 0.2) is 12.6 Å². The van der Waals surface area contributed by atoms with Crippen molar-refractivity contribution < 1.29 is 58.6 Å². The average Bonchev–Trinajstić information content (AvgIpc) is 2.99. The number of nitrogens with one attached hydrogen (secondary N) is 3. The minimum Gasteiger partial charge on any atom is -0.390 e. The van der Waals surface area contributed by atoms with Crippen LogP contribution >= 0.6 is 0 Å². The van der Waals surface area contributed by atoms with E-state index in [9.17, 15) is 39.6 Å². The number of aliphatic hydroxyl groups is 4. The number of carbonyl (C=O) groups is 4. The van der Waals surface area contributed by atoms with Crippen LogP contribution in [0, 0.1) is 0 Å². The van der Waals surface area contributed by atoms with Crippen molar-refractivity contribution in [2.24, 2.45) is 0 Å². The van der Waals surface area contributed by atoms with Crippen LogP contribution in [0.15, 0.2) is 0 Å². The largest absolute Gasteiger partial charge is 0.390 e. The first kappa shape index (κ1) is 38.7. The average molecular weight is 649 g/mol. The van der Waals surface area contributed by atoms with Gasteiger partial charge in [-0.3, -0.25) is 19.2 Å². The predicted octanol–water partition coefficient (Wildman–Crippen LogP) is -2.12. The number of hydrogen-bond acceptors (Lipinski definition) is 12. The first-order valence-electron chi connectivity index (χ1n) is 15.7. The lowest BCUT2D eigenvalue weighted by Crippen LogP contribution is -2.49. The van der Waals surface area contributed by atoms with Crippen molar-refractivity contribution in [3.05, 3.63) is 0 Å². The molecule has 4 amide bonds. The molecule has 0 aliphatic carbocycles. The monoisotopic (exact) mass is 648 g/mol. The maximum atomic E-state index is 12.9. The van der Waals surface area contributed by atoms with Gasteiger partial charge in [0.2, 0.25) is 23.6 Å². The van der Waals surface area contributed by atoms with Gasteiger partial charge in [0.25, 0.3) is 0 Å². The molecule has 2 rings (SSSR count). The van der Waals surface area contributed by atoms with Gasteiger partial charge in [-0.05, 0) is 26.7 Å². The van der Waals surface area contributed by atoms with Gasteiger partial charge in [-0.2, -0.15) is 0 Å². The third-order valence-electron chi connectivity index (χ3n) is 7.53. The number of unbranched alkanes of at least 4 members (excludes halogenated alkanes) is 1. The normalized spacial score (nSPS) is 28.2. The molecule has 45 heavy (non-hydrogen) atoms. The number of carbonyl (C=O) groups excluding carboxylic acids is 4. The summed E-state index contributed by atoms with van der Waals surface area (Å²) in [6, 6.07) is 0. The molecule has 0 saturated carbocycles. The van der Waals surface area contributed by atoms with E-state index in [-0.39, 0.29) is 94.5 Å². The van der Waals surface area contributed by atoms with Crippen LogP contribution in [-0.4, -0.2) is 145 Å². The fourth-order valence-electron chi connectivity index (χ4n) is 4.91. The summed E-state index contributed by atoms with van der Waals surface area (Å²) < 4.78 is 21.9. The smallest absolute Gasteiger partial charge is 0.222 e. The topological polar surface area (TPSA) is 225 Å². The molecule has 260 valence electrons. The van der Waals surface area contributed by atoms with Gasteiger partial charge in [0.05, 0.1) is 37.6 Å². The van der Waals surface area contributed by atoms with E-state index in [1.165, 1.54) is 4.90 Å². The van der Waals surface area contributed by atoms with E-state index >= 15 is 0 Å². The first-order valence-corrected chi connectivity index (χ1v) is 15.7. The molecule has 8 atom stereocenters. The molecule has 16 nitrogen and oxygen atoms in total. The van der Waals surface area contributed by atoms with Gasteiger partial charge in [-0.25, -0.2) is 0 Å². The van der Waals surface area contributed by atoms with Crippen LogP contribution in [0.1, 0.15) is 65.2 Å². The Morgan fingerprint density at radius 2 is 1.16 bits per heavy atom. The Morgan fingerprint density at radius 1 is 0.711 bits per heavy atom. The molecule has 0 bridgehead atoms. The Kier molecular flexibility index (Phi) is 17.8. The zero-order valence-corrected chi connectivity index (χ0v) is 26.5. The number of ether oxygens (including phenoxy) is 4. The zero-order valence-electron chi connectivity index (χ0n) is 26.5. The Bertz CT molecular complexity index is 874. The Labute approximate surface area is 264 Å². The van der Waals surface area contributed by atoms with Crippen LogP contribution < -0.4 is 16.0 Å². The van der Waals surface area contributed by atoms with Crippen molar-refractivity contribution >= 4 is 23.6 Å². The van der Waals surface area contributed by atoms with E-state index in [1.54, 1.807) is 20.9 Å². The highest BCUT2D eigenvalue weighted by Gasteiger charge is 2.36. The van der Waals surface area contributed by atoms with E-state index in [1.807, 2.05) is 0 Å². The number of hydrogen-bond donors (Lipinski definition) is 7. The number of aliphatic hydroxyl groups excluding tert-OH is 4. The molecule has 0 aromatic rings. The molecule has 7 N–H and O–H groups in total. The van der Waals surface area contributed by atoms with E-state index in [0.29, 0.717) is 32.1 Å². The van der Waals surface area contributed by atoms with Gasteiger partial charge < -0.3 is 60.2 Å². The quantitative estimate of drug-likeness (QED) is 0.0747. The van der Waals surface area contributed by atoms with Crippen molar-refractivity contribution in [2.45, 2.75) is 114 Å². The molecule has 0 aromatic carbocycles. The molecule has 0 aromatic heterocycles. The molecular weight excluding hydrogens is 596 g/mol. The Morgan fingerprint density at radius 3 is 1.60 bits per heavy atom. The van der Waals surface area contributed by atoms with Crippen LogP contribution in [0.2, 0.25) is 0 Å². The molecule has 2 aliphatic rings. The maximum Gasteiger partial charge on any atom is 0.222 e. The van der Waals surface area contributed by atoms with Crippen LogP contribution in [0.4, 0.5) is 0 Å². The fourth-order valence-corrected chi connectivity index (χ4v) is 4.91. The number of amides is 4. The molecule has 16 heteroatoms. The molecule has 2 heterocycles. The second-order valence-electron chi connectivity index (χ2n) is 11.4. The fraction of sp³-hybridized carbons (Fsp3) is 0.862. The summed E-state index contributed by atoms with van der Waals surface area (Å²) in [5.74, 6) is -1.05. The molecular formula is C29H52N4O12. The van der Waals surface area contributed by atoms with Crippen LogP contribution in [-0.2, 0) is 38.1 Å². The summed E-state index contributed by atoms with van der Waals surface area (Å²) >= 11 is 0. The molecule has 0 unspecified atom stereocenters. The van der Waals surface area contributed by atoms with E-state index in [0.717, 1.165) is 0 Å². The number of nitrogens with zero attached hydrogens (tertiary/aromatic N) is 1. The highest BCUT2D eigenvalue weighted by atomic mass is 16.7. The van der Waals surface area contributed by atoms with Gasteiger partial charge >= 0.3 is 0 Å². The summed E-state index contributed by atoms with van der Waals surface area (Å²) in [4.78, 5) is 50.7. The van der Waals surface area contributed by atoms with Crippen LogP contribution in [0.25, 0.3) is 0 Å². The zero-order chi connectivity index (χ0) is 33.4. The van der Waals surface area contributed by atoms with Gasteiger partial charge in [0.1, 0.15) is 12.2 Å². The third kappa shape index (κ3) is 14.7. The lowest BCUT2D eigenvalue weighted by molar-refractivity contribution is -0.262. The Balaban J connectivity index is 1.75. The van der Waals surface area contributed by atoms with Crippen molar-refractivity contribution in [3.63, 3.8) is 0 Å². The summed E-state index contributed by atoms with van der Waals surface area (Å²) in [5, 5.41) is 47.6. The highest BCUT2D eigenvalue weighted by molar-refractivity contribution is 5.80. The van der Waals surface area contributed by atoms with Gasteiger partial charge in [-0.1, -0.05) is 0 Å². The number of rotatable bonds is 19. The predicted molar refractivity (Wildman–Crippen MR) is 158 cm³/mol. The molecule has 0 spiro atoms.